The van der Waals surface area contributed by atoms with E-state index >= 15 is 0 Å². The Labute approximate surface area is 96.8 Å². The summed E-state index contributed by atoms with van der Waals surface area (Å²) in [6.07, 6.45) is 1.69. The number of nitrogens with two attached hydrogens (primary N) is 2. The van der Waals surface area contributed by atoms with Gasteiger partial charge in [0.15, 0.2) is 11.5 Å². The van der Waals surface area contributed by atoms with Crippen LogP contribution >= 0.6 is 0 Å². The molecule has 1 aromatic carbocycles. The van der Waals surface area contributed by atoms with Gasteiger partial charge in [0.25, 0.3) is 0 Å². The third-order valence-corrected chi connectivity index (χ3v) is 1.97. The molecule has 17 heavy (non-hydrogen) atoms. The van der Waals surface area contributed by atoms with Crippen molar-refractivity contribution in [1.29, 1.82) is 0 Å². The molecule has 0 saturated heterocycles. The highest BCUT2D eigenvalue weighted by Gasteiger charge is 2.11. The van der Waals surface area contributed by atoms with E-state index in [2.05, 4.69) is 25.1 Å². The lowest BCUT2D eigenvalue weighted by molar-refractivity contribution is -0.456. The van der Waals surface area contributed by atoms with Crippen LogP contribution in [0.5, 0.6) is 0 Å². The monoisotopic (exact) mass is 231 g/mol. The molecule has 1 heterocycles. The first-order valence-electron chi connectivity index (χ1n) is 4.82. The summed E-state index contributed by atoms with van der Waals surface area (Å²) in [4.78, 5) is 0. The summed E-state index contributed by atoms with van der Waals surface area (Å²) in [5.74, 6) is 0.212. The fourth-order valence-corrected chi connectivity index (χ4v) is 1.15. The molecule has 0 radical (unpaired) electrons. The van der Waals surface area contributed by atoms with Gasteiger partial charge in [-0.15, -0.1) is 5.10 Å². The summed E-state index contributed by atoms with van der Waals surface area (Å²) in [6, 6.07) is 9.60. The van der Waals surface area contributed by atoms with Gasteiger partial charge in [0.2, 0.25) is 12.1 Å². The molecule has 0 spiro atoms. The zero-order chi connectivity index (χ0) is 12.1. The molecule has 86 valence electrons. The number of rotatable bonds is 3. The molecular weight excluding hydrogens is 220 g/mol. The van der Waals surface area contributed by atoms with E-state index in [1.54, 1.807) is 6.21 Å². The van der Waals surface area contributed by atoms with Crippen molar-refractivity contribution in [1.82, 2.24) is 10.3 Å². The van der Waals surface area contributed by atoms with E-state index in [1.807, 2.05) is 30.3 Å². The first kappa shape index (κ1) is 10.8. The van der Waals surface area contributed by atoms with Crippen LogP contribution in [0.25, 0.3) is 0 Å². The predicted molar refractivity (Wildman–Crippen MR) is 62.0 cm³/mol. The Bertz CT molecular complexity index is 545. The van der Waals surface area contributed by atoms with Crippen LogP contribution in [0.15, 0.2) is 40.1 Å². The van der Waals surface area contributed by atoms with Crippen molar-refractivity contribution in [3.05, 3.63) is 41.6 Å². The average molecular weight is 231 g/mol. The van der Waals surface area contributed by atoms with Crippen molar-refractivity contribution in [2.24, 2.45) is 10.8 Å². The molecule has 0 amide bonds. The molecule has 2 aromatic rings. The Morgan fingerprint density at radius 2 is 2.06 bits per heavy atom. The number of amidine groups is 1. The average Bonchev–Trinajstić information content (AvgIpc) is 2.77. The van der Waals surface area contributed by atoms with Crippen LogP contribution in [0.1, 0.15) is 11.3 Å². The van der Waals surface area contributed by atoms with Gasteiger partial charge in [-0.2, -0.15) is 0 Å². The SMILES string of the molecule is NC(=N/[NH+]=C/c1ccccc1)c1nonc1N. The fraction of sp³-hybridized carbons (Fsp3) is 0. The van der Waals surface area contributed by atoms with Gasteiger partial charge in [-0.25, -0.2) is 4.63 Å². The number of hydrogen-bond donors (Lipinski definition) is 3. The Morgan fingerprint density at radius 1 is 1.29 bits per heavy atom. The number of benzene rings is 1. The van der Waals surface area contributed by atoms with E-state index in [9.17, 15) is 0 Å². The minimum Gasteiger partial charge on any atom is -0.379 e. The van der Waals surface area contributed by atoms with Crippen molar-refractivity contribution in [3.8, 4) is 0 Å². The maximum Gasteiger partial charge on any atom is 0.224 e. The standard InChI is InChI=1S/C10H10N6O/c11-9(8-10(12)16-17-15-8)14-13-6-7-4-2-1-3-5-7/h1-6H,(H2,11,14)(H2,12,16)/p+1/b13-6+. The third-order valence-electron chi connectivity index (χ3n) is 1.97. The van der Waals surface area contributed by atoms with Gasteiger partial charge in [-0.1, -0.05) is 18.2 Å². The highest BCUT2D eigenvalue weighted by Crippen LogP contribution is 2.01. The van der Waals surface area contributed by atoms with Crippen LogP contribution in [-0.2, 0) is 0 Å². The second-order valence-electron chi connectivity index (χ2n) is 3.18. The fourth-order valence-electron chi connectivity index (χ4n) is 1.15. The highest BCUT2D eigenvalue weighted by atomic mass is 16.6. The lowest BCUT2D eigenvalue weighted by Crippen LogP contribution is -2.63. The molecule has 2 rings (SSSR count). The van der Waals surface area contributed by atoms with E-state index in [0.717, 1.165) is 5.56 Å². The van der Waals surface area contributed by atoms with Crippen molar-refractivity contribution in [3.63, 3.8) is 0 Å². The minimum atomic E-state index is 0.104. The topological polar surface area (TPSA) is 117 Å². The van der Waals surface area contributed by atoms with Crippen LogP contribution in [0, 0.1) is 0 Å². The second kappa shape index (κ2) is 4.88. The quantitative estimate of drug-likeness (QED) is 0.336. The molecule has 0 saturated carbocycles. The lowest BCUT2D eigenvalue weighted by Gasteiger charge is -1.87. The zero-order valence-electron chi connectivity index (χ0n) is 8.87. The molecule has 0 aliphatic heterocycles. The number of nitrogens with zero attached hydrogens (tertiary/aromatic N) is 3. The van der Waals surface area contributed by atoms with Gasteiger partial charge in [-0.3, -0.25) is 0 Å². The normalized spacial score (nSPS) is 12.1. The Hall–Kier alpha value is -2.70. The van der Waals surface area contributed by atoms with E-state index in [4.69, 9.17) is 11.5 Å². The lowest BCUT2D eigenvalue weighted by atomic mass is 10.2. The molecule has 0 fully saturated rings. The van der Waals surface area contributed by atoms with Crippen LogP contribution in [0.3, 0.4) is 0 Å². The molecule has 7 nitrogen and oxygen atoms in total. The zero-order valence-corrected chi connectivity index (χ0v) is 8.87. The number of hydrazone groups is 1. The number of aromatic nitrogens is 2. The summed E-state index contributed by atoms with van der Waals surface area (Å²) >= 11 is 0. The summed E-state index contributed by atoms with van der Waals surface area (Å²) in [7, 11) is 0. The van der Waals surface area contributed by atoms with Crippen LogP contribution in [-0.4, -0.2) is 22.4 Å². The Kier molecular flexibility index (Phi) is 3.10. The first-order chi connectivity index (χ1) is 8.27. The van der Waals surface area contributed by atoms with Gasteiger partial charge in [0, 0.05) is 10.7 Å². The van der Waals surface area contributed by atoms with Crippen LogP contribution in [0.2, 0.25) is 0 Å². The minimum absolute atomic E-state index is 0.104. The predicted octanol–water partition coefficient (Wildman–Crippen LogP) is -1.53. The highest BCUT2D eigenvalue weighted by molar-refractivity contribution is 5.98. The van der Waals surface area contributed by atoms with Crippen molar-refractivity contribution in [2.75, 3.05) is 5.73 Å². The van der Waals surface area contributed by atoms with Crippen molar-refractivity contribution in [2.45, 2.75) is 0 Å². The smallest absolute Gasteiger partial charge is 0.224 e. The Balaban J connectivity index is 2.11. The molecular formula is C10H11N6O+. The third kappa shape index (κ3) is 2.65. The number of nitrogen functional groups attached to an aromatic ring is 1. The molecule has 0 aliphatic rings. The first-order valence-corrected chi connectivity index (χ1v) is 4.82. The molecule has 0 bridgehead atoms. The molecule has 5 N–H and O–H groups in total. The Morgan fingerprint density at radius 3 is 2.71 bits per heavy atom. The van der Waals surface area contributed by atoms with Gasteiger partial charge in [-0.05, 0) is 22.4 Å². The molecule has 0 unspecified atom stereocenters. The summed E-state index contributed by atoms with van der Waals surface area (Å²) in [5.41, 5.74) is 12.3. The number of nitrogens with one attached hydrogen (secondary N) is 1. The van der Waals surface area contributed by atoms with E-state index in [0.29, 0.717) is 0 Å². The van der Waals surface area contributed by atoms with Gasteiger partial charge < -0.3 is 11.5 Å². The molecule has 0 aliphatic carbocycles. The van der Waals surface area contributed by atoms with Gasteiger partial charge in [0.05, 0.1) is 0 Å². The van der Waals surface area contributed by atoms with Crippen LogP contribution < -0.4 is 16.6 Å². The molecule has 1 aromatic heterocycles. The van der Waals surface area contributed by atoms with Gasteiger partial charge in [0.1, 0.15) is 0 Å². The van der Waals surface area contributed by atoms with E-state index < -0.39 is 0 Å². The van der Waals surface area contributed by atoms with Gasteiger partial charge >= 0.3 is 0 Å². The van der Waals surface area contributed by atoms with Crippen molar-refractivity contribution >= 4 is 17.9 Å². The number of hydrogen-bond acceptors (Lipinski definition) is 5. The van der Waals surface area contributed by atoms with E-state index in [-0.39, 0.29) is 17.3 Å². The van der Waals surface area contributed by atoms with Crippen molar-refractivity contribution < 1.29 is 9.73 Å². The summed E-state index contributed by atoms with van der Waals surface area (Å²) < 4.78 is 4.41. The summed E-state index contributed by atoms with van der Waals surface area (Å²) in [6.45, 7) is 0. The maximum absolute atomic E-state index is 5.63. The van der Waals surface area contributed by atoms with Crippen LogP contribution in [0.4, 0.5) is 5.82 Å². The molecule has 7 heteroatoms. The largest absolute Gasteiger partial charge is 0.379 e. The van der Waals surface area contributed by atoms with E-state index in [1.165, 1.54) is 0 Å². The molecule has 0 atom stereocenters. The summed E-state index contributed by atoms with van der Waals surface area (Å²) in [5, 5.41) is 13.5. The number of anilines is 1. The maximum atomic E-state index is 5.63. The second-order valence-corrected chi connectivity index (χ2v) is 3.18.